The van der Waals surface area contributed by atoms with Crippen LogP contribution in [-0.4, -0.2) is 68.1 Å². The van der Waals surface area contributed by atoms with Crippen LogP contribution in [0.2, 0.25) is 0 Å². The van der Waals surface area contributed by atoms with Gasteiger partial charge >= 0.3 is 0 Å². The number of anilines is 1. The monoisotopic (exact) mass is 277 g/mol. The number of hydrogen-bond acceptors (Lipinski definition) is 5. The Morgan fingerprint density at radius 3 is 2.50 bits per heavy atom. The van der Waals surface area contributed by atoms with Gasteiger partial charge in [-0.3, -0.25) is 4.90 Å². The third-order valence-corrected chi connectivity index (χ3v) is 3.80. The average molecular weight is 277 g/mol. The third-order valence-electron chi connectivity index (χ3n) is 3.80. The number of piperazine rings is 1. The standard InChI is InChI=1S/C15H27N5/c1-13-10-14(12-16)11-15(17-13)20-8-6-19(7-9-20)5-4-18(2)3/h10-11H,4-9,12,16H2,1-3H3. The zero-order valence-electron chi connectivity index (χ0n) is 13.0. The van der Waals surface area contributed by atoms with Gasteiger partial charge in [-0.1, -0.05) is 0 Å². The number of nitrogens with zero attached hydrogens (tertiary/aromatic N) is 4. The van der Waals surface area contributed by atoms with Gasteiger partial charge in [-0.2, -0.15) is 0 Å². The topological polar surface area (TPSA) is 48.6 Å². The van der Waals surface area contributed by atoms with Crippen LogP contribution in [0.15, 0.2) is 12.1 Å². The molecule has 1 aromatic rings. The van der Waals surface area contributed by atoms with Crippen LogP contribution in [0, 0.1) is 6.92 Å². The van der Waals surface area contributed by atoms with Crippen molar-refractivity contribution in [3.63, 3.8) is 0 Å². The molecule has 0 atom stereocenters. The fraction of sp³-hybridized carbons (Fsp3) is 0.667. The second-order valence-corrected chi connectivity index (χ2v) is 5.81. The van der Waals surface area contributed by atoms with Crippen LogP contribution >= 0.6 is 0 Å². The lowest BCUT2D eigenvalue weighted by Gasteiger charge is -2.36. The maximum absolute atomic E-state index is 5.75. The molecule has 0 saturated carbocycles. The average Bonchev–Trinajstić information content (AvgIpc) is 2.45. The van der Waals surface area contributed by atoms with Gasteiger partial charge in [0.05, 0.1) is 0 Å². The van der Waals surface area contributed by atoms with Gasteiger partial charge in [-0.15, -0.1) is 0 Å². The van der Waals surface area contributed by atoms with Gasteiger partial charge in [-0.05, 0) is 38.7 Å². The lowest BCUT2D eigenvalue weighted by atomic mass is 10.2. The predicted molar refractivity (Wildman–Crippen MR) is 84.1 cm³/mol. The Hall–Kier alpha value is -1.17. The zero-order valence-corrected chi connectivity index (χ0v) is 13.0. The van der Waals surface area contributed by atoms with Crippen molar-refractivity contribution in [1.82, 2.24) is 14.8 Å². The van der Waals surface area contributed by atoms with Crippen LogP contribution in [0.1, 0.15) is 11.3 Å². The van der Waals surface area contributed by atoms with Crippen molar-refractivity contribution in [2.75, 3.05) is 58.3 Å². The van der Waals surface area contributed by atoms with Crippen LogP contribution in [-0.2, 0) is 6.54 Å². The van der Waals surface area contributed by atoms with E-state index in [0.717, 1.165) is 50.8 Å². The second kappa shape index (κ2) is 7.02. The Morgan fingerprint density at radius 1 is 1.20 bits per heavy atom. The van der Waals surface area contributed by atoms with Crippen molar-refractivity contribution in [3.8, 4) is 0 Å². The maximum Gasteiger partial charge on any atom is 0.129 e. The highest BCUT2D eigenvalue weighted by atomic mass is 15.3. The summed E-state index contributed by atoms with van der Waals surface area (Å²) in [5.41, 5.74) is 7.97. The lowest BCUT2D eigenvalue weighted by Crippen LogP contribution is -2.48. The van der Waals surface area contributed by atoms with E-state index in [0.29, 0.717) is 6.54 Å². The van der Waals surface area contributed by atoms with Crippen molar-refractivity contribution >= 4 is 5.82 Å². The molecule has 2 N–H and O–H groups in total. The Balaban J connectivity index is 1.91. The molecule has 0 unspecified atom stereocenters. The fourth-order valence-corrected chi connectivity index (χ4v) is 2.54. The molecule has 1 aromatic heterocycles. The molecule has 1 saturated heterocycles. The predicted octanol–water partition coefficient (Wildman–Crippen LogP) is 0.532. The minimum absolute atomic E-state index is 0.582. The van der Waals surface area contributed by atoms with Crippen LogP contribution < -0.4 is 10.6 Å². The minimum Gasteiger partial charge on any atom is -0.354 e. The first-order valence-electron chi connectivity index (χ1n) is 7.38. The van der Waals surface area contributed by atoms with Gasteiger partial charge in [0.2, 0.25) is 0 Å². The molecule has 1 fully saturated rings. The van der Waals surface area contributed by atoms with E-state index in [4.69, 9.17) is 5.73 Å². The van der Waals surface area contributed by atoms with Crippen LogP contribution in [0.5, 0.6) is 0 Å². The van der Waals surface area contributed by atoms with Crippen molar-refractivity contribution in [2.24, 2.45) is 5.73 Å². The first-order chi connectivity index (χ1) is 9.58. The van der Waals surface area contributed by atoms with Crippen LogP contribution in [0.3, 0.4) is 0 Å². The number of pyridine rings is 1. The van der Waals surface area contributed by atoms with E-state index < -0.39 is 0 Å². The molecule has 20 heavy (non-hydrogen) atoms. The normalized spacial score (nSPS) is 16.9. The quantitative estimate of drug-likeness (QED) is 0.851. The van der Waals surface area contributed by atoms with Gasteiger partial charge < -0.3 is 15.5 Å². The Kier molecular flexibility index (Phi) is 5.34. The molecule has 0 aromatic carbocycles. The van der Waals surface area contributed by atoms with Crippen molar-refractivity contribution < 1.29 is 0 Å². The molecular formula is C15H27N5. The molecule has 0 amide bonds. The maximum atomic E-state index is 5.75. The van der Waals surface area contributed by atoms with Gasteiger partial charge in [0.15, 0.2) is 0 Å². The Bertz CT molecular complexity index is 424. The second-order valence-electron chi connectivity index (χ2n) is 5.81. The largest absolute Gasteiger partial charge is 0.354 e. The van der Waals surface area contributed by atoms with E-state index in [9.17, 15) is 0 Å². The molecule has 0 aliphatic carbocycles. The fourth-order valence-electron chi connectivity index (χ4n) is 2.54. The highest BCUT2D eigenvalue weighted by molar-refractivity contribution is 5.43. The lowest BCUT2D eigenvalue weighted by molar-refractivity contribution is 0.229. The molecule has 0 bridgehead atoms. The molecule has 2 rings (SSSR count). The number of aromatic nitrogens is 1. The third kappa shape index (κ3) is 4.16. The van der Waals surface area contributed by atoms with E-state index >= 15 is 0 Å². The molecule has 112 valence electrons. The van der Waals surface area contributed by atoms with Gasteiger partial charge in [0, 0.05) is 51.5 Å². The SMILES string of the molecule is Cc1cc(CN)cc(N2CCN(CCN(C)C)CC2)n1. The number of likely N-dealkylation sites (N-methyl/N-ethyl adjacent to an activating group) is 1. The number of hydrogen-bond donors (Lipinski definition) is 1. The van der Waals surface area contributed by atoms with Gasteiger partial charge in [0.25, 0.3) is 0 Å². The van der Waals surface area contributed by atoms with Crippen molar-refractivity contribution in [3.05, 3.63) is 23.4 Å². The van der Waals surface area contributed by atoms with E-state index in [1.165, 1.54) is 5.56 Å². The highest BCUT2D eigenvalue weighted by Crippen LogP contribution is 2.16. The zero-order chi connectivity index (χ0) is 14.5. The number of rotatable bonds is 5. The summed E-state index contributed by atoms with van der Waals surface area (Å²) in [7, 11) is 4.25. The molecule has 5 nitrogen and oxygen atoms in total. The summed E-state index contributed by atoms with van der Waals surface area (Å²) < 4.78 is 0. The van der Waals surface area contributed by atoms with Crippen LogP contribution in [0.25, 0.3) is 0 Å². The first-order valence-corrected chi connectivity index (χ1v) is 7.38. The van der Waals surface area contributed by atoms with Crippen molar-refractivity contribution in [2.45, 2.75) is 13.5 Å². The Labute approximate surface area is 122 Å². The number of nitrogens with two attached hydrogens (primary N) is 1. The highest BCUT2D eigenvalue weighted by Gasteiger charge is 2.18. The first kappa shape index (κ1) is 15.2. The molecule has 2 heterocycles. The summed E-state index contributed by atoms with van der Waals surface area (Å²) >= 11 is 0. The summed E-state index contributed by atoms with van der Waals surface area (Å²) in [6.07, 6.45) is 0. The van der Waals surface area contributed by atoms with E-state index in [2.05, 4.69) is 45.9 Å². The van der Waals surface area contributed by atoms with Gasteiger partial charge in [0.1, 0.15) is 5.82 Å². The summed E-state index contributed by atoms with van der Waals surface area (Å²) in [4.78, 5) is 11.8. The number of aryl methyl sites for hydroxylation is 1. The Morgan fingerprint density at radius 2 is 1.90 bits per heavy atom. The van der Waals surface area contributed by atoms with E-state index in [1.54, 1.807) is 0 Å². The molecule has 0 spiro atoms. The molecule has 5 heteroatoms. The molecule has 1 aliphatic rings. The van der Waals surface area contributed by atoms with Crippen LogP contribution in [0.4, 0.5) is 5.82 Å². The molecule has 1 aliphatic heterocycles. The minimum atomic E-state index is 0.582. The molecular weight excluding hydrogens is 250 g/mol. The summed E-state index contributed by atoms with van der Waals surface area (Å²) in [5, 5.41) is 0. The molecule has 0 radical (unpaired) electrons. The summed E-state index contributed by atoms with van der Waals surface area (Å²) in [5.74, 6) is 1.08. The summed E-state index contributed by atoms with van der Waals surface area (Å²) in [6, 6.07) is 4.19. The summed E-state index contributed by atoms with van der Waals surface area (Å²) in [6.45, 7) is 9.22. The van der Waals surface area contributed by atoms with E-state index in [1.807, 2.05) is 6.92 Å². The smallest absolute Gasteiger partial charge is 0.129 e. The van der Waals surface area contributed by atoms with Crippen molar-refractivity contribution in [1.29, 1.82) is 0 Å². The van der Waals surface area contributed by atoms with E-state index in [-0.39, 0.29) is 0 Å². The van der Waals surface area contributed by atoms with Gasteiger partial charge in [-0.25, -0.2) is 4.98 Å².